The maximum absolute atomic E-state index is 13.9. The zero-order valence-electron chi connectivity index (χ0n) is 73.8. The summed E-state index contributed by atoms with van der Waals surface area (Å²) < 4.78 is 154. The molecule has 4 aliphatic heterocycles. The lowest BCUT2D eigenvalue weighted by Crippen LogP contribution is -2.29. The van der Waals surface area contributed by atoms with Gasteiger partial charge in [0.15, 0.2) is 46.1 Å². The number of hydrogen-bond acceptors (Lipinski definition) is 16. The van der Waals surface area contributed by atoms with Crippen LogP contribution in [0.1, 0.15) is 210 Å². The van der Waals surface area contributed by atoms with E-state index in [-0.39, 0.29) is 117 Å². The van der Waals surface area contributed by atoms with E-state index < -0.39 is 74.9 Å². The number of anilines is 2. The molecule has 684 valence electrons. The fourth-order valence-corrected chi connectivity index (χ4v) is 18.3. The number of ketones is 6. The molecular formula is C105H91F10N5O13. The normalized spacial score (nSPS) is 17.1. The number of ether oxygens (including phenoxy) is 4. The van der Waals surface area contributed by atoms with Crippen molar-refractivity contribution in [2.45, 2.75) is 198 Å². The highest BCUT2D eigenvalue weighted by atomic mass is 19.4. The summed E-state index contributed by atoms with van der Waals surface area (Å²) in [5, 5.41) is 13.8. The monoisotopic (exact) mass is 1820 g/mol. The molecule has 0 spiro atoms. The van der Waals surface area contributed by atoms with Gasteiger partial charge in [0.1, 0.15) is 22.9 Å². The number of hydrogen-bond donors (Lipinski definition) is 3. The van der Waals surface area contributed by atoms with Gasteiger partial charge in [0.05, 0.1) is 50.0 Å². The molecule has 7 heterocycles. The SMILES string of the molecule is CC(=O)c1ccc(-c2nc(CC(=O)C3(c4ccc5c(c4)OC(F)(F)O5)CC3)cc3ccccc23)cc1.CC(=O)c1cccc(-c2nc(CC(=O)C3(c4ccc5c(c4)OC(F)(F)O5)CC3)ccc2C)c1.CC(C)(C)c1cc(C(C)(C)C)c(CC(=O)C2=CCc3ccccc3C2=O)cc1O.O=C(Nc1ccc(N2C3CCC2CC3)cc1C(F)(F)F)c1c[nH]c2cccc(C(F)(F)F)c2c1=O. The van der Waals surface area contributed by atoms with Crippen LogP contribution in [-0.2, 0) is 74.1 Å². The van der Waals surface area contributed by atoms with E-state index in [0.29, 0.717) is 83.1 Å². The fourth-order valence-electron chi connectivity index (χ4n) is 18.3. The largest absolute Gasteiger partial charge is 0.586 e. The quantitative estimate of drug-likeness (QED) is 0.0410. The van der Waals surface area contributed by atoms with Crippen LogP contribution in [0.4, 0.5) is 55.3 Å². The average molecular weight is 1820 g/mol. The van der Waals surface area contributed by atoms with Crippen LogP contribution in [0.5, 0.6) is 28.7 Å². The second-order valence-electron chi connectivity index (χ2n) is 36.7. The number of phenolic OH excluding ortho intramolecular Hbond substituents is 1. The number of rotatable bonds is 18. The van der Waals surface area contributed by atoms with Gasteiger partial charge in [0, 0.05) is 93.3 Å². The maximum atomic E-state index is 13.9. The lowest BCUT2D eigenvalue weighted by molar-refractivity contribution is -0.287. The molecule has 28 heteroatoms. The Morgan fingerprint density at radius 2 is 1.09 bits per heavy atom. The van der Waals surface area contributed by atoms with E-state index in [4.69, 9.17) is 9.97 Å². The van der Waals surface area contributed by atoms with Crippen LogP contribution in [0.15, 0.2) is 223 Å². The highest BCUT2D eigenvalue weighted by molar-refractivity contribution is 6.28. The molecule has 7 aliphatic rings. The van der Waals surface area contributed by atoms with Gasteiger partial charge in [-0.05, 0) is 213 Å². The Morgan fingerprint density at radius 3 is 1.68 bits per heavy atom. The minimum atomic E-state index is -4.87. The minimum absolute atomic E-state index is 0.0133. The number of carbonyl (C=O) groups excluding carboxylic acids is 7. The molecule has 3 aromatic heterocycles. The third-order valence-electron chi connectivity index (χ3n) is 25.5. The number of nitrogens with one attached hydrogen (secondary N) is 2. The summed E-state index contributed by atoms with van der Waals surface area (Å²) in [7, 11) is 0. The van der Waals surface area contributed by atoms with Gasteiger partial charge in [-0.1, -0.05) is 169 Å². The summed E-state index contributed by atoms with van der Waals surface area (Å²) >= 11 is 0. The molecular weight excluding hydrogens is 1730 g/mol. The van der Waals surface area contributed by atoms with Gasteiger partial charge in [-0.3, -0.25) is 48.3 Å². The number of nitrogens with zero attached hydrogens (tertiary/aromatic N) is 3. The number of aromatic nitrogens is 3. The van der Waals surface area contributed by atoms with E-state index in [1.807, 2.05) is 103 Å². The second-order valence-corrected chi connectivity index (χ2v) is 36.7. The molecule has 9 aromatic carbocycles. The Kier molecular flexibility index (Phi) is 24.3. The predicted octanol–water partition coefficient (Wildman–Crippen LogP) is 23.1. The van der Waals surface area contributed by atoms with Gasteiger partial charge in [0.25, 0.3) is 5.91 Å². The van der Waals surface area contributed by atoms with E-state index in [2.05, 4.69) is 70.8 Å². The molecule has 2 saturated carbocycles. The molecule has 133 heavy (non-hydrogen) atoms. The summed E-state index contributed by atoms with van der Waals surface area (Å²) in [5.41, 5.74) is 5.79. The highest BCUT2D eigenvalue weighted by Gasteiger charge is 2.54. The molecule has 1 amide bonds. The number of carbonyl (C=O) groups is 7. The number of allylic oxidation sites excluding steroid dienone is 2. The van der Waals surface area contributed by atoms with Crippen LogP contribution >= 0.6 is 0 Å². The Hall–Kier alpha value is -13.9. The topological polar surface area (TPSA) is 251 Å². The van der Waals surface area contributed by atoms with Crippen molar-refractivity contribution in [1.29, 1.82) is 0 Å². The Morgan fingerprint density at radius 1 is 0.526 bits per heavy atom. The summed E-state index contributed by atoms with van der Waals surface area (Å²) in [6.45, 7) is 17.4. The molecule has 3 N–H and O–H groups in total. The van der Waals surface area contributed by atoms with E-state index in [9.17, 15) is 87.4 Å². The molecule has 2 saturated heterocycles. The predicted molar refractivity (Wildman–Crippen MR) is 480 cm³/mol. The second kappa shape index (κ2) is 35.0. The van der Waals surface area contributed by atoms with E-state index in [1.165, 1.54) is 50.2 Å². The summed E-state index contributed by atoms with van der Waals surface area (Å²) in [5.74, 6) is -1.72. The van der Waals surface area contributed by atoms with Crippen LogP contribution in [0, 0.1) is 6.92 Å². The molecule has 12 aromatic rings. The van der Waals surface area contributed by atoms with Gasteiger partial charge in [0.2, 0.25) is 5.43 Å². The Labute approximate surface area is 757 Å². The lowest BCUT2D eigenvalue weighted by Gasteiger charge is -2.28. The number of aromatic amines is 1. The number of pyridine rings is 3. The van der Waals surface area contributed by atoms with Gasteiger partial charge >= 0.3 is 24.9 Å². The number of H-pyrrole nitrogens is 1. The van der Waals surface area contributed by atoms with Crippen LogP contribution in [-0.4, -0.2) is 85.3 Å². The molecule has 3 aliphatic carbocycles. The van der Waals surface area contributed by atoms with Crippen LogP contribution in [0.2, 0.25) is 0 Å². The van der Waals surface area contributed by atoms with Crippen molar-refractivity contribution in [3.63, 3.8) is 0 Å². The molecule has 18 nitrogen and oxygen atoms in total. The molecule has 19 rings (SSSR count). The number of aromatic hydroxyl groups is 1. The molecule has 0 radical (unpaired) electrons. The van der Waals surface area contributed by atoms with Gasteiger partial charge in [-0.2, -0.15) is 26.3 Å². The van der Waals surface area contributed by atoms with Gasteiger partial charge in [-0.25, -0.2) is 0 Å². The summed E-state index contributed by atoms with van der Waals surface area (Å²) in [6.07, 6.45) is -7.32. The molecule has 4 fully saturated rings. The fraction of sp³-hybridized carbons (Fsp3) is 0.295. The van der Waals surface area contributed by atoms with Crippen molar-refractivity contribution in [2.75, 3.05) is 10.2 Å². The first-order valence-corrected chi connectivity index (χ1v) is 43.5. The first-order chi connectivity index (χ1) is 62.7. The standard InChI is InChI=1S/C29H21F2NO4.C26H21F2NO4.C26H30O3.C24H19F6N3O2/c1-17(33)18-6-8-19(9-7-18)27-23-5-3-2-4-20(23)14-22(32-27)16-26(34)28(12-13-28)21-10-11-24-25(15-21)36-29(30,31)35-24;1-15-6-8-20(29-24(15)18-5-3-4-17(12-18)16(2)30)14-23(31)25(10-11-25)19-7-9-21-22(13-19)33-26(27,28)32-21;1-25(2,3)20-15-21(26(4,5)6)23(28)14-17(20)13-22(27)19-12-11-16-9-7-8-10-18(16)24(19)29;25-23(26,27)16-2-1-3-19-20(16)21(34)15(11-31-19)22(35)32-18-9-8-14(10-17(18)24(28,29)30)33-12-4-5-13(33)7-6-12/h2-11,14-15H,12-13,16H2,1H3;3-9,12-13H,10-11,14H2,1-2H3;7-10,12,14-15,28H,11,13H2,1-6H3;1-3,8-13H,4-7H2,(H,31,34)(H,32,35). The van der Waals surface area contributed by atoms with Crippen LogP contribution in [0.3, 0.4) is 0 Å². The number of fused-ring (bicyclic) bond motifs is 7. The van der Waals surface area contributed by atoms with Crippen molar-refractivity contribution in [2.24, 2.45) is 0 Å². The van der Waals surface area contributed by atoms with Crippen LogP contribution in [0.25, 0.3) is 44.2 Å². The van der Waals surface area contributed by atoms with Gasteiger partial charge in [-0.15, -0.1) is 17.6 Å². The van der Waals surface area contributed by atoms with E-state index in [1.54, 1.807) is 54.6 Å². The van der Waals surface area contributed by atoms with Crippen molar-refractivity contribution in [3.8, 4) is 51.3 Å². The third-order valence-corrected chi connectivity index (χ3v) is 25.5. The number of phenols is 1. The zero-order chi connectivity index (χ0) is 95.1. The first-order valence-electron chi connectivity index (χ1n) is 43.5. The summed E-state index contributed by atoms with van der Waals surface area (Å²) in [4.78, 5) is 116. The Balaban J connectivity index is 0.000000130. The zero-order valence-corrected chi connectivity index (χ0v) is 73.8. The maximum Gasteiger partial charge on any atom is 0.586 e. The number of amides is 1. The Bertz CT molecular complexity index is 6830. The lowest BCUT2D eigenvalue weighted by atomic mass is 9.76. The van der Waals surface area contributed by atoms with Crippen molar-refractivity contribution in [3.05, 3.63) is 312 Å². The van der Waals surface area contributed by atoms with Gasteiger partial charge < -0.3 is 39.3 Å². The molecule has 2 bridgehead atoms. The number of halogens is 10. The van der Waals surface area contributed by atoms with E-state index in [0.717, 1.165) is 111 Å². The number of alkyl halides is 10. The van der Waals surface area contributed by atoms with Crippen molar-refractivity contribution >= 4 is 73.7 Å². The van der Waals surface area contributed by atoms with Crippen LogP contribution < -0.4 is 34.6 Å². The minimum Gasteiger partial charge on any atom is -0.508 e. The average Bonchev–Trinajstić information content (AvgIpc) is 1.58. The van der Waals surface area contributed by atoms with Crippen molar-refractivity contribution < 1.29 is 102 Å². The third kappa shape index (κ3) is 19.2. The number of benzene rings is 9. The number of aryl methyl sites for hydroxylation is 1. The number of Topliss-reactive ketones (excluding diaryl/α,β-unsaturated/α-hetero) is 6. The summed E-state index contributed by atoms with van der Waals surface area (Å²) in [6, 6.07) is 55.2. The smallest absolute Gasteiger partial charge is 0.508 e. The highest BCUT2D eigenvalue weighted by Crippen LogP contribution is 2.56. The first kappa shape index (κ1) is 92.4. The van der Waals surface area contributed by atoms with Crippen molar-refractivity contribution in [1.82, 2.24) is 15.0 Å². The molecule has 0 unspecified atom stereocenters. The molecule has 0 atom stereocenters. The van der Waals surface area contributed by atoms with E-state index >= 15 is 0 Å².